The molecule has 0 atom stereocenters. The maximum atomic E-state index is 10.7. The third-order valence-electron chi connectivity index (χ3n) is 2.48. The fourth-order valence-corrected chi connectivity index (χ4v) is 1.56. The first-order valence-electron chi connectivity index (χ1n) is 5.59. The van der Waals surface area contributed by atoms with Crippen molar-refractivity contribution in [2.24, 2.45) is 0 Å². The molecule has 5 heteroatoms. The standard InChI is InChI=1S/C13H14N2O3/c1-9-6-15-12(18-9)8-14-7-10-2-4-11(5-3-10)13(16)17/h2-6,14H,7-8H2,1H3,(H,16,17). The van der Waals surface area contributed by atoms with E-state index in [1.165, 1.54) is 0 Å². The molecule has 0 fully saturated rings. The highest BCUT2D eigenvalue weighted by Crippen LogP contribution is 2.05. The molecule has 1 heterocycles. The van der Waals surface area contributed by atoms with Crippen LogP contribution in [0.15, 0.2) is 34.9 Å². The summed E-state index contributed by atoms with van der Waals surface area (Å²) in [6, 6.07) is 6.76. The number of benzene rings is 1. The first-order valence-corrected chi connectivity index (χ1v) is 5.59. The largest absolute Gasteiger partial charge is 0.478 e. The number of carbonyl (C=O) groups is 1. The molecular formula is C13H14N2O3. The lowest BCUT2D eigenvalue weighted by Crippen LogP contribution is -2.13. The van der Waals surface area contributed by atoms with E-state index in [1.807, 2.05) is 6.92 Å². The summed E-state index contributed by atoms with van der Waals surface area (Å²) in [7, 11) is 0. The van der Waals surface area contributed by atoms with Gasteiger partial charge in [-0.2, -0.15) is 0 Å². The molecule has 94 valence electrons. The summed E-state index contributed by atoms with van der Waals surface area (Å²) in [6.07, 6.45) is 1.68. The number of hydrogen-bond donors (Lipinski definition) is 2. The third kappa shape index (κ3) is 3.18. The summed E-state index contributed by atoms with van der Waals surface area (Å²) >= 11 is 0. The van der Waals surface area contributed by atoms with Crippen LogP contribution in [0.3, 0.4) is 0 Å². The lowest BCUT2D eigenvalue weighted by atomic mass is 10.1. The number of aryl methyl sites for hydroxylation is 1. The van der Waals surface area contributed by atoms with Gasteiger partial charge in [0, 0.05) is 6.54 Å². The van der Waals surface area contributed by atoms with Crippen molar-refractivity contribution in [2.75, 3.05) is 0 Å². The van der Waals surface area contributed by atoms with Crippen molar-refractivity contribution < 1.29 is 14.3 Å². The van der Waals surface area contributed by atoms with Crippen molar-refractivity contribution in [3.63, 3.8) is 0 Å². The van der Waals surface area contributed by atoms with Crippen molar-refractivity contribution in [2.45, 2.75) is 20.0 Å². The SMILES string of the molecule is Cc1cnc(CNCc2ccc(C(=O)O)cc2)o1. The zero-order valence-corrected chi connectivity index (χ0v) is 10.0. The molecule has 5 nitrogen and oxygen atoms in total. The molecular weight excluding hydrogens is 232 g/mol. The number of carboxylic acids is 1. The molecule has 0 radical (unpaired) electrons. The van der Waals surface area contributed by atoms with Crippen molar-refractivity contribution in [1.82, 2.24) is 10.3 Å². The van der Waals surface area contributed by atoms with Gasteiger partial charge in [-0.1, -0.05) is 12.1 Å². The summed E-state index contributed by atoms with van der Waals surface area (Å²) in [5.41, 5.74) is 1.31. The van der Waals surface area contributed by atoms with Crippen LogP contribution in [0.25, 0.3) is 0 Å². The van der Waals surface area contributed by atoms with Gasteiger partial charge in [-0.15, -0.1) is 0 Å². The van der Waals surface area contributed by atoms with Crippen LogP contribution in [0.5, 0.6) is 0 Å². The zero-order chi connectivity index (χ0) is 13.0. The van der Waals surface area contributed by atoms with Crippen LogP contribution in [0.2, 0.25) is 0 Å². The van der Waals surface area contributed by atoms with Crippen molar-refractivity contribution in [3.8, 4) is 0 Å². The van der Waals surface area contributed by atoms with Crippen LogP contribution in [0, 0.1) is 6.92 Å². The third-order valence-corrected chi connectivity index (χ3v) is 2.48. The van der Waals surface area contributed by atoms with Gasteiger partial charge in [0.2, 0.25) is 5.89 Å². The predicted octanol–water partition coefficient (Wildman–Crippen LogP) is 1.97. The highest BCUT2D eigenvalue weighted by molar-refractivity contribution is 5.87. The van der Waals surface area contributed by atoms with Crippen LogP contribution in [0.4, 0.5) is 0 Å². The van der Waals surface area contributed by atoms with E-state index in [-0.39, 0.29) is 0 Å². The van der Waals surface area contributed by atoms with Crippen molar-refractivity contribution >= 4 is 5.97 Å². The molecule has 2 rings (SSSR count). The van der Waals surface area contributed by atoms with Crippen molar-refractivity contribution in [3.05, 3.63) is 53.2 Å². The van der Waals surface area contributed by atoms with E-state index in [9.17, 15) is 4.79 Å². The molecule has 0 aliphatic rings. The Balaban J connectivity index is 1.85. The molecule has 0 aliphatic carbocycles. The Labute approximate surface area is 104 Å². The average Bonchev–Trinajstić information content (AvgIpc) is 2.76. The first-order chi connectivity index (χ1) is 8.65. The van der Waals surface area contributed by atoms with E-state index in [4.69, 9.17) is 9.52 Å². The van der Waals surface area contributed by atoms with E-state index < -0.39 is 5.97 Å². The van der Waals surface area contributed by atoms with E-state index in [0.717, 1.165) is 11.3 Å². The fraction of sp³-hybridized carbons (Fsp3) is 0.231. The smallest absolute Gasteiger partial charge is 0.335 e. The highest BCUT2D eigenvalue weighted by atomic mass is 16.4. The lowest BCUT2D eigenvalue weighted by molar-refractivity contribution is 0.0697. The molecule has 0 bridgehead atoms. The van der Waals surface area contributed by atoms with Crippen LogP contribution < -0.4 is 5.32 Å². The number of carboxylic acid groups (broad SMARTS) is 1. The summed E-state index contributed by atoms with van der Waals surface area (Å²) in [5.74, 6) is 0.525. The summed E-state index contributed by atoms with van der Waals surface area (Å²) in [4.78, 5) is 14.8. The summed E-state index contributed by atoms with van der Waals surface area (Å²) < 4.78 is 5.32. The molecule has 0 saturated heterocycles. The Hall–Kier alpha value is -2.14. The van der Waals surface area contributed by atoms with Gasteiger partial charge in [0.1, 0.15) is 5.76 Å². The first kappa shape index (κ1) is 12.3. The van der Waals surface area contributed by atoms with E-state index in [1.54, 1.807) is 30.5 Å². The minimum absolute atomic E-state index is 0.294. The number of nitrogens with zero attached hydrogens (tertiary/aromatic N) is 1. The average molecular weight is 246 g/mol. The van der Waals surface area contributed by atoms with Gasteiger partial charge in [0.05, 0.1) is 18.3 Å². The monoisotopic (exact) mass is 246 g/mol. The summed E-state index contributed by atoms with van der Waals surface area (Å²) in [6.45, 7) is 3.04. The molecule has 0 amide bonds. The molecule has 2 N–H and O–H groups in total. The Morgan fingerprint density at radius 2 is 2.06 bits per heavy atom. The molecule has 2 aromatic rings. The highest BCUT2D eigenvalue weighted by Gasteiger charge is 2.02. The molecule has 1 aromatic heterocycles. The van der Waals surface area contributed by atoms with Gasteiger partial charge in [0.15, 0.2) is 0 Å². The number of nitrogens with one attached hydrogen (secondary N) is 1. The Morgan fingerprint density at radius 3 is 2.61 bits per heavy atom. The van der Waals surface area contributed by atoms with E-state index >= 15 is 0 Å². The Bertz CT molecular complexity index is 531. The molecule has 1 aromatic carbocycles. The minimum atomic E-state index is -0.912. The second-order valence-corrected chi connectivity index (χ2v) is 3.97. The molecule has 0 unspecified atom stereocenters. The number of aromatic nitrogens is 1. The normalized spacial score (nSPS) is 10.5. The second kappa shape index (κ2) is 5.46. The van der Waals surface area contributed by atoms with Gasteiger partial charge in [-0.3, -0.25) is 0 Å². The number of oxazole rings is 1. The molecule has 0 spiro atoms. The molecule has 18 heavy (non-hydrogen) atoms. The number of hydrogen-bond acceptors (Lipinski definition) is 4. The maximum Gasteiger partial charge on any atom is 0.335 e. The zero-order valence-electron chi connectivity index (χ0n) is 10.0. The van der Waals surface area contributed by atoms with Gasteiger partial charge in [-0.05, 0) is 24.6 Å². The minimum Gasteiger partial charge on any atom is -0.478 e. The quantitative estimate of drug-likeness (QED) is 0.843. The van der Waals surface area contributed by atoms with Gasteiger partial charge >= 0.3 is 5.97 Å². The molecule has 0 saturated carbocycles. The second-order valence-electron chi connectivity index (χ2n) is 3.97. The van der Waals surface area contributed by atoms with E-state index in [2.05, 4.69) is 10.3 Å². The van der Waals surface area contributed by atoms with E-state index in [0.29, 0.717) is 24.5 Å². The van der Waals surface area contributed by atoms with Crippen LogP contribution in [0.1, 0.15) is 27.6 Å². The Morgan fingerprint density at radius 1 is 1.33 bits per heavy atom. The summed E-state index contributed by atoms with van der Waals surface area (Å²) in [5, 5.41) is 11.9. The van der Waals surface area contributed by atoms with Gasteiger partial charge in [0.25, 0.3) is 0 Å². The number of aromatic carboxylic acids is 1. The van der Waals surface area contributed by atoms with Crippen molar-refractivity contribution in [1.29, 1.82) is 0 Å². The molecule has 0 aliphatic heterocycles. The maximum absolute atomic E-state index is 10.7. The van der Waals surface area contributed by atoms with Gasteiger partial charge < -0.3 is 14.8 Å². The van der Waals surface area contributed by atoms with Crippen LogP contribution in [-0.4, -0.2) is 16.1 Å². The van der Waals surface area contributed by atoms with Crippen LogP contribution in [-0.2, 0) is 13.1 Å². The topological polar surface area (TPSA) is 75.4 Å². The number of rotatable bonds is 5. The fourth-order valence-electron chi connectivity index (χ4n) is 1.56. The lowest BCUT2D eigenvalue weighted by Gasteiger charge is -2.03. The predicted molar refractivity (Wildman–Crippen MR) is 65.2 cm³/mol. The van der Waals surface area contributed by atoms with Crippen LogP contribution >= 0.6 is 0 Å². The van der Waals surface area contributed by atoms with Gasteiger partial charge in [-0.25, -0.2) is 9.78 Å². The Kier molecular flexibility index (Phi) is 3.74.